The van der Waals surface area contributed by atoms with Gasteiger partial charge in [0.05, 0.1) is 23.9 Å². The van der Waals surface area contributed by atoms with Crippen LogP contribution < -0.4 is 4.80 Å². The number of nitrogens with zero attached hydrogens (tertiary/aromatic N) is 2. The van der Waals surface area contributed by atoms with E-state index >= 15 is 0 Å². The first kappa shape index (κ1) is 17.4. The van der Waals surface area contributed by atoms with Crippen molar-refractivity contribution in [2.24, 2.45) is 4.99 Å². The van der Waals surface area contributed by atoms with E-state index in [0.29, 0.717) is 16.4 Å². The Kier molecular flexibility index (Phi) is 5.01. The van der Waals surface area contributed by atoms with E-state index in [2.05, 4.69) is 9.73 Å². The normalized spacial score (nSPS) is 11.7. The minimum Gasteiger partial charge on any atom is -0.462 e. The molecule has 128 valence electrons. The molecule has 1 aromatic heterocycles. The van der Waals surface area contributed by atoms with Crippen molar-refractivity contribution in [3.63, 3.8) is 0 Å². The number of aromatic nitrogens is 1. The predicted molar refractivity (Wildman–Crippen MR) is 97.7 cm³/mol. The molecule has 0 saturated heterocycles. The molecule has 0 spiro atoms. The summed E-state index contributed by atoms with van der Waals surface area (Å²) in [6.07, 6.45) is 0. The second-order valence-electron chi connectivity index (χ2n) is 5.48. The fraction of sp³-hybridized carbons (Fsp3) is 0.167. The van der Waals surface area contributed by atoms with Crippen molar-refractivity contribution in [3.8, 4) is 0 Å². The van der Waals surface area contributed by atoms with E-state index in [1.807, 2.05) is 47.9 Å². The molecule has 1 amide bonds. The summed E-state index contributed by atoms with van der Waals surface area (Å²) in [5.41, 5.74) is 3.02. The number of halogens is 1. The van der Waals surface area contributed by atoms with Gasteiger partial charge in [-0.25, -0.2) is 4.79 Å². The van der Waals surface area contributed by atoms with E-state index in [9.17, 15) is 9.59 Å². The van der Waals surface area contributed by atoms with Crippen molar-refractivity contribution < 1.29 is 14.3 Å². The van der Waals surface area contributed by atoms with Gasteiger partial charge in [-0.15, -0.1) is 0 Å². The van der Waals surface area contributed by atoms with Crippen molar-refractivity contribution in [1.82, 2.24) is 4.57 Å². The van der Waals surface area contributed by atoms with Crippen LogP contribution in [0.25, 0.3) is 10.2 Å². The second-order valence-corrected chi connectivity index (χ2v) is 6.93. The number of hydrogen-bond donors (Lipinski definition) is 0. The van der Waals surface area contributed by atoms with Crippen LogP contribution >= 0.6 is 22.9 Å². The highest BCUT2D eigenvalue weighted by molar-refractivity contribution is 7.16. The summed E-state index contributed by atoms with van der Waals surface area (Å²) in [6, 6.07) is 13.5. The standard InChI is InChI=1S/C18H15ClN2O3S/c1-11-6-7-14-15(8-11)25-18(20-16(22)17(23)24-2)21(14)10-12-4-3-5-13(19)9-12/h3-9H,10H2,1-2H3. The van der Waals surface area contributed by atoms with Gasteiger partial charge >= 0.3 is 11.9 Å². The van der Waals surface area contributed by atoms with Crippen LogP contribution in [0.4, 0.5) is 0 Å². The largest absolute Gasteiger partial charge is 0.462 e. The van der Waals surface area contributed by atoms with Crippen molar-refractivity contribution in [2.75, 3.05) is 7.11 Å². The van der Waals surface area contributed by atoms with Crippen LogP contribution in [-0.2, 0) is 20.9 Å². The number of hydrogen-bond acceptors (Lipinski definition) is 4. The quantitative estimate of drug-likeness (QED) is 0.510. The first-order valence-electron chi connectivity index (χ1n) is 7.49. The Morgan fingerprint density at radius 1 is 1.24 bits per heavy atom. The number of amides is 1. The molecule has 3 rings (SSSR count). The van der Waals surface area contributed by atoms with Gasteiger partial charge in [0.25, 0.3) is 0 Å². The average molecular weight is 375 g/mol. The maximum atomic E-state index is 11.9. The van der Waals surface area contributed by atoms with Gasteiger partial charge < -0.3 is 9.30 Å². The predicted octanol–water partition coefficient (Wildman–Crippen LogP) is 3.31. The zero-order chi connectivity index (χ0) is 18.0. The zero-order valence-corrected chi connectivity index (χ0v) is 15.2. The third-order valence-corrected chi connectivity index (χ3v) is 4.90. The molecule has 0 aliphatic rings. The van der Waals surface area contributed by atoms with Crippen LogP contribution in [0.2, 0.25) is 5.02 Å². The van der Waals surface area contributed by atoms with Crippen LogP contribution in [0.1, 0.15) is 11.1 Å². The molecular weight excluding hydrogens is 360 g/mol. The Balaban J connectivity index is 2.16. The number of aryl methyl sites for hydroxylation is 1. The summed E-state index contributed by atoms with van der Waals surface area (Å²) in [6.45, 7) is 2.48. The number of thiazole rings is 1. The lowest BCUT2D eigenvalue weighted by molar-refractivity contribution is -0.151. The molecule has 0 aliphatic heterocycles. The Hall–Kier alpha value is -2.44. The van der Waals surface area contributed by atoms with Gasteiger partial charge in [0.1, 0.15) is 0 Å². The zero-order valence-electron chi connectivity index (χ0n) is 13.7. The number of methoxy groups -OCH3 is 1. The number of esters is 1. The maximum absolute atomic E-state index is 11.9. The summed E-state index contributed by atoms with van der Waals surface area (Å²) in [7, 11) is 1.16. The second kappa shape index (κ2) is 7.21. The Bertz CT molecular complexity index is 1040. The molecule has 0 fully saturated rings. The highest BCUT2D eigenvalue weighted by Gasteiger charge is 2.14. The lowest BCUT2D eigenvalue weighted by Gasteiger charge is -2.06. The molecule has 0 atom stereocenters. The van der Waals surface area contributed by atoms with Crippen LogP contribution in [-0.4, -0.2) is 23.6 Å². The van der Waals surface area contributed by atoms with Crippen LogP contribution in [0.5, 0.6) is 0 Å². The summed E-state index contributed by atoms with van der Waals surface area (Å²) < 4.78 is 7.33. The third kappa shape index (κ3) is 3.81. The number of ether oxygens (including phenoxy) is 1. The van der Waals surface area contributed by atoms with Crippen LogP contribution in [0.15, 0.2) is 47.5 Å². The van der Waals surface area contributed by atoms with Gasteiger partial charge in [0.15, 0.2) is 4.80 Å². The van der Waals surface area contributed by atoms with Crippen LogP contribution in [0.3, 0.4) is 0 Å². The van der Waals surface area contributed by atoms with Crippen molar-refractivity contribution >= 4 is 45.0 Å². The lowest BCUT2D eigenvalue weighted by atomic mass is 10.2. The van der Waals surface area contributed by atoms with Gasteiger partial charge in [-0.3, -0.25) is 4.79 Å². The monoisotopic (exact) mass is 374 g/mol. The summed E-state index contributed by atoms with van der Waals surface area (Å²) in [4.78, 5) is 27.7. The van der Waals surface area contributed by atoms with E-state index < -0.39 is 11.9 Å². The molecule has 2 aromatic carbocycles. The smallest absolute Gasteiger partial charge is 0.399 e. The molecule has 0 saturated carbocycles. The summed E-state index contributed by atoms with van der Waals surface area (Å²) in [5.74, 6) is -1.91. The van der Waals surface area contributed by atoms with Gasteiger partial charge in [-0.2, -0.15) is 4.99 Å². The topological polar surface area (TPSA) is 60.7 Å². The highest BCUT2D eigenvalue weighted by atomic mass is 35.5. The molecule has 1 heterocycles. The summed E-state index contributed by atoms with van der Waals surface area (Å²) >= 11 is 7.42. The molecular formula is C18H15ClN2O3S. The number of carbonyl (C=O) groups excluding carboxylic acids is 2. The SMILES string of the molecule is COC(=O)C(=O)N=c1sc2cc(C)ccc2n1Cc1cccc(Cl)c1. The highest BCUT2D eigenvalue weighted by Crippen LogP contribution is 2.21. The Labute approximate surface area is 153 Å². The number of fused-ring (bicyclic) bond motifs is 1. The van der Waals surface area contributed by atoms with Gasteiger partial charge in [-0.05, 0) is 42.3 Å². The van der Waals surface area contributed by atoms with Crippen molar-refractivity contribution in [2.45, 2.75) is 13.5 Å². The average Bonchev–Trinajstić information content (AvgIpc) is 2.90. The molecule has 0 unspecified atom stereocenters. The first-order valence-corrected chi connectivity index (χ1v) is 8.69. The van der Waals surface area contributed by atoms with Crippen molar-refractivity contribution in [3.05, 3.63) is 63.4 Å². The molecule has 0 radical (unpaired) electrons. The van der Waals surface area contributed by atoms with Gasteiger partial charge in [0.2, 0.25) is 0 Å². The Morgan fingerprint density at radius 3 is 2.76 bits per heavy atom. The van der Waals surface area contributed by atoms with E-state index in [-0.39, 0.29) is 0 Å². The molecule has 5 nitrogen and oxygen atoms in total. The van der Waals surface area contributed by atoms with E-state index in [0.717, 1.165) is 28.5 Å². The minimum absolute atomic E-state index is 0.441. The van der Waals surface area contributed by atoms with E-state index in [1.165, 1.54) is 11.3 Å². The third-order valence-electron chi connectivity index (χ3n) is 3.63. The molecule has 3 aromatic rings. The molecule has 7 heteroatoms. The number of benzene rings is 2. The number of rotatable bonds is 2. The van der Waals surface area contributed by atoms with E-state index in [4.69, 9.17) is 11.6 Å². The van der Waals surface area contributed by atoms with Crippen molar-refractivity contribution in [1.29, 1.82) is 0 Å². The van der Waals surface area contributed by atoms with Gasteiger partial charge in [-0.1, -0.05) is 41.1 Å². The maximum Gasteiger partial charge on any atom is 0.399 e. The fourth-order valence-corrected chi connectivity index (χ4v) is 3.80. The van der Waals surface area contributed by atoms with E-state index in [1.54, 1.807) is 6.07 Å². The number of carbonyl (C=O) groups is 2. The Morgan fingerprint density at radius 2 is 2.04 bits per heavy atom. The van der Waals surface area contributed by atoms with Gasteiger partial charge in [0, 0.05) is 5.02 Å². The molecule has 0 bridgehead atoms. The fourth-order valence-electron chi connectivity index (χ4n) is 2.46. The summed E-state index contributed by atoms with van der Waals surface area (Å²) in [5, 5.41) is 0.637. The van der Waals surface area contributed by atoms with Crippen LogP contribution in [0, 0.1) is 6.92 Å². The first-order chi connectivity index (χ1) is 12.0. The minimum atomic E-state index is -0.983. The molecule has 0 aliphatic carbocycles. The lowest BCUT2D eigenvalue weighted by Crippen LogP contribution is -2.21. The molecule has 0 N–H and O–H groups in total. The molecule has 25 heavy (non-hydrogen) atoms.